The number of carbonyl (C=O) groups excluding carboxylic acids is 1. The van der Waals surface area contributed by atoms with Crippen LogP contribution in [0, 0.1) is 0 Å². The summed E-state index contributed by atoms with van der Waals surface area (Å²) in [5, 5.41) is 6.96. The second-order valence-corrected chi connectivity index (χ2v) is 7.25. The number of nitrogens with one attached hydrogen (secondary N) is 1. The molecule has 0 unspecified atom stereocenters. The fraction of sp³-hybridized carbons (Fsp3) is 0.474. The van der Waals surface area contributed by atoms with Crippen molar-refractivity contribution >= 4 is 16.9 Å². The predicted octanol–water partition coefficient (Wildman–Crippen LogP) is 3.30. The molecule has 1 saturated carbocycles. The Morgan fingerprint density at radius 1 is 1.27 bits per heavy atom. The fourth-order valence-electron chi connectivity index (χ4n) is 3.12. The van der Waals surface area contributed by atoms with E-state index in [1.54, 1.807) is 0 Å². The summed E-state index contributed by atoms with van der Waals surface area (Å²) in [6.45, 7) is 6.23. The van der Waals surface area contributed by atoms with Crippen molar-refractivity contribution in [2.24, 2.45) is 0 Å². The van der Waals surface area contributed by atoms with E-state index in [0.29, 0.717) is 11.8 Å². The first kappa shape index (κ1) is 16.8. The van der Waals surface area contributed by atoms with Gasteiger partial charge in [-0.2, -0.15) is 4.98 Å². The molecule has 1 aromatic carbocycles. The molecule has 2 aromatic heterocycles. The number of hydrogen-bond acceptors (Lipinski definition) is 5. The van der Waals surface area contributed by atoms with E-state index in [-0.39, 0.29) is 24.4 Å². The number of hydrogen-bond donors (Lipinski definition) is 1. The summed E-state index contributed by atoms with van der Waals surface area (Å²) >= 11 is 0. The molecular weight excluding hydrogens is 330 g/mol. The Balaban J connectivity index is 1.50. The first-order valence-electron chi connectivity index (χ1n) is 9.11. The van der Waals surface area contributed by atoms with Gasteiger partial charge in [0.1, 0.15) is 18.4 Å². The summed E-state index contributed by atoms with van der Waals surface area (Å²) in [5.74, 6) is 2.67. The van der Waals surface area contributed by atoms with Crippen molar-refractivity contribution in [2.75, 3.05) is 0 Å². The van der Waals surface area contributed by atoms with Gasteiger partial charge in [-0.25, -0.2) is 4.98 Å². The number of benzene rings is 1. The van der Waals surface area contributed by atoms with Gasteiger partial charge in [-0.05, 0) is 31.9 Å². The lowest BCUT2D eigenvalue weighted by Gasteiger charge is -2.13. The summed E-state index contributed by atoms with van der Waals surface area (Å²) in [7, 11) is 0. The predicted molar refractivity (Wildman–Crippen MR) is 96.7 cm³/mol. The average Bonchev–Trinajstić information content (AvgIpc) is 3.22. The Kier molecular flexibility index (Phi) is 4.22. The molecule has 0 spiro atoms. The topological polar surface area (TPSA) is 85.8 Å². The molecule has 136 valence electrons. The van der Waals surface area contributed by atoms with Crippen LogP contribution in [0.25, 0.3) is 11.0 Å². The largest absolute Gasteiger partial charge is 0.343 e. The lowest BCUT2D eigenvalue weighted by Crippen LogP contribution is -2.31. The number of nitrogens with zero attached hydrogens (tertiary/aromatic N) is 4. The van der Waals surface area contributed by atoms with Crippen molar-refractivity contribution in [3.05, 3.63) is 41.8 Å². The van der Waals surface area contributed by atoms with Crippen LogP contribution in [0.2, 0.25) is 0 Å². The summed E-state index contributed by atoms with van der Waals surface area (Å²) in [6.07, 6.45) is 2.23. The van der Waals surface area contributed by atoms with E-state index in [9.17, 15) is 4.79 Å². The summed E-state index contributed by atoms with van der Waals surface area (Å²) in [5.41, 5.74) is 1.87. The van der Waals surface area contributed by atoms with Crippen LogP contribution in [0.3, 0.4) is 0 Å². The zero-order valence-electron chi connectivity index (χ0n) is 15.3. The molecule has 0 bridgehead atoms. The lowest BCUT2D eigenvalue weighted by molar-refractivity contribution is -0.122. The van der Waals surface area contributed by atoms with Gasteiger partial charge in [0.2, 0.25) is 11.8 Å². The first-order chi connectivity index (χ1) is 12.5. The minimum absolute atomic E-state index is 0.103. The summed E-state index contributed by atoms with van der Waals surface area (Å²) in [6, 6.07) is 7.56. The Bertz CT molecular complexity index is 938. The highest BCUT2D eigenvalue weighted by Gasteiger charge is 2.30. The number of rotatable bonds is 6. The molecule has 26 heavy (non-hydrogen) atoms. The number of carbonyl (C=O) groups is 1. The number of imidazole rings is 1. The van der Waals surface area contributed by atoms with E-state index in [1.807, 2.05) is 35.8 Å². The van der Waals surface area contributed by atoms with Crippen molar-refractivity contribution in [1.29, 1.82) is 0 Å². The molecule has 1 aliphatic carbocycles. The van der Waals surface area contributed by atoms with Gasteiger partial charge in [0, 0.05) is 11.8 Å². The van der Waals surface area contributed by atoms with E-state index in [2.05, 4.69) is 34.3 Å². The molecule has 0 radical (unpaired) electrons. The zero-order chi connectivity index (χ0) is 18.3. The molecule has 1 aliphatic rings. The quantitative estimate of drug-likeness (QED) is 0.735. The minimum atomic E-state index is -0.320. The van der Waals surface area contributed by atoms with Gasteiger partial charge < -0.3 is 14.4 Å². The van der Waals surface area contributed by atoms with Crippen molar-refractivity contribution < 1.29 is 9.32 Å². The minimum Gasteiger partial charge on any atom is -0.343 e. The third-order valence-electron chi connectivity index (χ3n) is 4.65. The van der Waals surface area contributed by atoms with Crippen molar-refractivity contribution in [1.82, 2.24) is 25.0 Å². The van der Waals surface area contributed by atoms with Crippen molar-refractivity contribution in [3.63, 3.8) is 0 Å². The zero-order valence-corrected chi connectivity index (χ0v) is 15.3. The molecule has 7 heteroatoms. The van der Waals surface area contributed by atoms with Crippen LogP contribution in [0.4, 0.5) is 0 Å². The van der Waals surface area contributed by atoms with Crippen LogP contribution >= 0.6 is 0 Å². The molecule has 1 N–H and O–H groups in total. The third-order valence-corrected chi connectivity index (χ3v) is 4.65. The van der Waals surface area contributed by atoms with Gasteiger partial charge in [0.15, 0.2) is 5.82 Å². The first-order valence-corrected chi connectivity index (χ1v) is 9.11. The maximum atomic E-state index is 12.6. The van der Waals surface area contributed by atoms with Gasteiger partial charge in [0.25, 0.3) is 0 Å². The number of fused-ring (bicyclic) bond motifs is 1. The molecule has 1 amide bonds. The van der Waals surface area contributed by atoms with Crippen LogP contribution in [0.1, 0.15) is 69.0 Å². The Morgan fingerprint density at radius 3 is 2.77 bits per heavy atom. The fourth-order valence-corrected chi connectivity index (χ4v) is 3.12. The van der Waals surface area contributed by atoms with Crippen molar-refractivity contribution in [3.8, 4) is 0 Å². The Hall–Kier alpha value is -2.70. The van der Waals surface area contributed by atoms with Gasteiger partial charge in [-0.3, -0.25) is 4.79 Å². The number of aromatic nitrogens is 4. The summed E-state index contributed by atoms with van der Waals surface area (Å²) in [4.78, 5) is 21.7. The highest BCUT2D eigenvalue weighted by Crippen LogP contribution is 2.38. The van der Waals surface area contributed by atoms with E-state index < -0.39 is 0 Å². The van der Waals surface area contributed by atoms with Crippen LogP contribution in [-0.4, -0.2) is 25.6 Å². The second-order valence-electron chi connectivity index (χ2n) is 7.25. The van der Waals surface area contributed by atoms with E-state index >= 15 is 0 Å². The van der Waals surface area contributed by atoms with E-state index in [0.717, 1.165) is 35.5 Å². The second kappa shape index (κ2) is 6.55. The molecular formula is C19H23N5O2. The van der Waals surface area contributed by atoms with Crippen LogP contribution in [0.15, 0.2) is 28.8 Å². The molecule has 2 heterocycles. The molecule has 1 fully saturated rings. The third kappa shape index (κ3) is 3.21. The maximum Gasteiger partial charge on any atom is 0.248 e. The normalized spacial score (nSPS) is 15.5. The monoisotopic (exact) mass is 353 g/mol. The van der Waals surface area contributed by atoms with Gasteiger partial charge >= 0.3 is 0 Å². The van der Waals surface area contributed by atoms with Gasteiger partial charge in [-0.1, -0.05) is 31.1 Å². The number of para-hydroxylation sites is 2. The lowest BCUT2D eigenvalue weighted by atomic mass is 10.2. The maximum absolute atomic E-state index is 12.6. The van der Waals surface area contributed by atoms with Gasteiger partial charge in [0.05, 0.1) is 11.0 Å². The number of amides is 1. The molecule has 4 rings (SSSR count). The average molecular weight is 353 g/mol. The Morgan fingerprint density at radius 2 is 2.04 bits per heavy atom. The SMILES string of the molecule is CC(C)c1nc2ccccc2n1CC(=O)N[C@H](C)c1nc(C2CC2)no1. The molecule has 1 atom stereocenters. The molecule has 0 saturated heterocycles. The molecule has 0 aliphatic heterocycles. The Labute approximate surface area is 151 Å². The molecule has 3 aromatic rings. The smallest absolute Gasteiger partial charge is 0.248 e. The molecule has 7 nitrogen and oxygen atoms in total. The van der Waals surface area contributed by atoms with Crippen molar-refractivity contribution in [2.45, 2.75) is 58.0 Å². The van der Waals surface area contributed by atoms with E-state index in [1.165, 1.54) is 0 Å². The van der Waals surface area contributed by atoms with Gasteiger partial charge in [-0.15, -0.1) is 0 Å². The highest BCUT2D eigenvalue weighted by molar-refractivity contribution is 5.81. The van der Waals surface area contributed by atoms with Crippen LogP contribution in [0.5, 0.6) is 0 Å². The standard InChI is InChI=1S/C19H23N5O2/c1-11(2)18-21-14-6-4-5-7-15(14)24(18)10-16(25)20-12(3)19-22-17(23-26-19)13-8-9-13/h4-7,11-13H,8-10H2,1-3H3,(H,20,25)/t12-/m1/s1. The highest BCUT2D eigenvalue weighted by atomic mass is 16.5. The van der Waals surface area contributed by atoms with E-state index in [4.69, 9.17) is 4.52 Å². The summed E-state index contributed by atoms with van der Waals surface area (Å²) < 4.78 is 7.28. The van der Waals surface area contributed by atoms with Crippen LogP contribution < -0.4 is 5.32 Å². The van der Waals surface area contributed by atoms with Crippen LogP contribution in [-0.2, 0) is 11.3 Å².